The van der Waals surface area contributed by atoms with Crippen molar-refractivity contribution < 1.29 is 9.53 Å². The number of ketones is 1. The minimum atomic E-state index is -0.346. The highest BCUT2D eigenvalue weighted by Crippen LogP contribution is 2.17. The Hall–Kier alpha value is -0.860. The first-order chi connectivity index (χ1) is 7.04. The zero-order chi connectivity index (χ0) is 11.4. The molecule has 0 aliphatic rings. The smallest absolute Gasteiger partial charge is 0.165 e. The van der Waals surface area contributed by atoms with Crippen molar-refractivity contribution in [2.75, 3.05) is 7.11 Å². The summed E-state index contributed by atoms with van der Waals surface area (Å²) in [4.78, 5) is 11.6. The highest BCUT2D eigenvalue weighted by Gasteiger charge is 2.12. The number of benzene rings is 1. The molecule has 0 heterocycles. The van der Waals surface area contributed by atoms with Crippen molar-refractivity contribution in [1.82, 2.24) is 0 Å². The Morgan fingerprint density at radius 1 is 1.53 bits per heavy atom. The summed E-state index contributed by atoms with van der Waals surface area (Å²) in [7, 11) is 1.54. The Morgan fingerprint density at radius 2 is 2.20 bits per heavy atom. The zero-order valence-corrected chi connectivity index (χ0v) is 9.97. The first kappa shape index (κ1) is 12.2. The van der Waals surface area contributed by atoms with Crippen LogP contribution in [0, 0.1) is 6.92 Å². The van der Waals surface area contributed by atoms with E-state index in [1.165, 1.54) is 7.11 Å². The predicted molar refractivity (Wildman–Crippen MR) is 61.4 cm³/mol. The summed E-state index contributed by atoms with van der Waals surface area (Å²) >= 11 is 5.90. The lowest BCUT2D eigenvalue weighted by Crippen LogP contribution is -2.20. The Balaban J connectivity index is 2.73. The highest BCUT2D eigenvalue weighted by molar-refractivity contribution is 6.31. The van der Waals surface area contributed by atoms with Crippen molar-refractivity contribution in [2.24, 2.45) is 0 Å². The lowest BCUT2D eigenvalue weighted by atomic mass is 10.0. The number of hydrogen-bond acceptors (Lipinski definition) is 2. The second-order valence-electron chi connectivity index (χ2n) is 3.60. The van der Waals surface area contributed by atoms with Gasteiger partial charge in [-0.25, -0.2) is 0 Å². The SMILES string of the molecule is COC(C)C(=O)Cc1ccc(Cl)c(C)c1. The van der Waals surface area contributed by atoms with Crippen molar-refractivity contribution in [1.29, 1.82) is 0 Å². The summed E-state index contributed by atoms with van der Waals surface area (Å²) < 4.78 is 4.96. The predicted octanol–water partition coefficient (Wildman–Crippen LogP) is 2.79. The van der Waals surface area contributed by atoms with E-state index in [2.05, 4.69) is 0 Å². The molecule has 3 heteroatoms. The highest BCUT2D eigenvalue weighted by atomic mass is 35.5. The van der Waals surface area contributed by atoms with Crippen LogP contribution in [0.15, 0.2) is 18.2 Å². The van der Waals surface area contributed by atoms with E-state index in [-0.39, 0.29) is 11.9 Å². The molecule has 0 radical (unpaired) electrons. The molecule has 0 saturated heterocycles. The molecule has 2 nitrogen and oxygen atoms in total. The molecule has 0 spiro atoms. The van der Waals surface area contributed by atoms with Gasteiger partial charge in [-0.15, -0.1) is 0 Å². The van der Waals surface area contributed by atoms with Gasteiger partial charge in [-0.05, 0) is 31.0 Å². The third-order valence-electron chi connectivity index (χ3n) is 2.41. The molecule has 1 atom stereocenters. The molecule has 0 aromatic heterocycles. The standard InChI is InChI=1S/C12H15ClO2/c1-8-6-10(4-5-11(8)13)7-12(14)9(2)15-3/h4-6,9H,7H2,1-3H3. The largest absolute Gasteiger partial charge is 0.374 e. The number of Topliss-reactive ketones (excluding diaryl/α,β-unsaturated/α-hetero) is 1. The van der Waals surface area contributed by atoms with E-state index in [1.54, 1.807) is 6.92 Å². The van der Waals surface area contributed by atoms with E-state index in [0.717, 1.165) is 16.1 Å². The van der Waals surface area contributed by atoms with Crippen LogP contribution < -0.4 is 0 Å². The van der Waals surface area contributed by atoms with Crippen molar-refractivity contribution in [3.05, 3.63) is 34.3 Å². The summed E-state index contributed by atoms with van der Waals surface area (Å²) in [5, 5.41) is 0.728. The fourth-order valence-corrected chi connectivity index (χ4v) is 1.41. The summed E-state index contributed by atoms with van der Waals surface area (Å²) in [6.07, 6.45) is 0.0495. The molecular weight excluding hydrogens is 212 g/mol. The maximum atomic E-state index is 11.6. The number of hydrogen-bond donors (Lipinski definition) is 0. The van der Waals surface area contributed by atoms with Crippen molar-refractivity contribution in [3.8, 4) is 0 Å². The minimum Gasteiger partial charge on any atom is -0.374 e. The van der Waals surface area contributed by atoms with Crippen molar-refractivity contribution in [3.63, 3.8) is 0 Å². The molecule has 0 amide bonds. The van der Waals surface area contributed by atoms with Crippen LogP contribution in [0.5, 0.6) is 0 Å². The first-order valence-electron chi connectivity index (χ1n) is 4.85. The topological polar surface area (TPSA) is 26.3 Å². The monoisotopic (exact) mass is 226 g/mol. The van der Waals surface area contributed by atoms with Gasteiger partial charge in [0, 0.05) is 18.6 Å². The summed E-state index contributed by atoms with van der Waals surface area (Å²) in [5.74, 6) is 0.0826. The number of ether oxygens (including phenoxy) is 1. The summed E-state index contributed by atoms with van der Waals surface area (Å²) in [6.45, 7) is 3.68. The normalized spacial score (nSPS) is 12.5. The van der Waals surface area contributed by atoms with Crippen LogP contribution in [-0.2, 0) is 16.0 Å². The second-order valence-corrected chi connectivity index (χ2v) is 4.01. The molecule has 0 fully saturated rings. The average Bonchev–Trinajstić information content (AvgIpc) is 2.22. The van der Waals surface area contributed by atoms with Gasteiger partial charge in [0.1, 0.15) is 6.10 Å². The summed E-state index contributed by atoms with van der Waals surface area (Å²) in [5.41, 5.74) is 1.97. The van der Waals surface area contributed by atoms with E-state index in [9.17, 15) is 4.79 Å². The van der Waals surface area contributed by atoms with Gasteiger partial charge in [0.25, 0.3) is 0 Å². The fourth-order valence-electron chi connectivity index (χ4n) is 1.29. The number of carbonyl (C=O) groups is 1. The maximum absolute atomic E-state index is 11.6. The van der Waals surface area contributed by atoms with Crippen LogP contribution in [0.25, 0.3) is 0 Å². The molecule has 15 heavy (non-hydrogen) atoms. The van der Waals surface area contributed by atoms with Gasteiger partial charge < -0.3 is 4.74 Å². The Kier molecular flexibility index (Phi) is 4.30. The molecular formula is C12H15ClO2. The zero-order valence-electron chi connectivity index (χ0n) is 9.21. The number of carbonyl (C=O) groups excluding carboxylic acids is 1. The molecule has 1 aromatic carbocycles. The van der Waals surface area contributed by atoms with Gasteiger partial charge >= 0.3 is 0 Å². The molecule has 0 aliphatic heterocycles. The van der Waals surface area contributed by atoms with Crippen molar-refractivity contribution in [2.45, 2.75) is 26.4 Å². The Morgan fingerprint density at radius 3 is 2.73 bits per heavy atom. The number of methoxy groups -OCH3 is 1. The van der Waals surface area contributed by atoms with Crippen LogP contribution in [0.2, 0.25) is 5.02 Å². The van der Waals surface area contributed by atoms with E-state index in [0.29, 0.717) is 6.42 Å². The molecule has 1 rings (SSSR count). The van der Waals surface area contributed by atoms with Gasteiger partial charge in [-0.2, -0.15) is 0 Å². The molecule has 1 unspecified atom stereocenters. The van der Waals surface area contributed by atoms with E-state index < -0.39 is 0 Å². The van der Waals surface area contributed by atoms with Gasteiger partial charge in [0.2, 0.25) is 0 Å². The minimum absolute atomic E-state index is 0.0826. The van der Waals surface area contributed by atoms with Crippen LogP contribution in [0.1, 0.15) is 18.1 Å². The summed E-state index contributed by atoms with van der Waals surface area (Å²) in [6, 6.07) is 5.62. The van der Waals surface area contributed by atoms with Gasteiger partial charge in [-0.3, -0.25) is 4.79 Å². The van der Waals surface area contributed by atoms with E-state index in [1.807, 2.05) is 25.1 Å². The lowest BCUT2D eigenvalue weighted by molar-refractivity contribution is -0.127. The maximum Gasteiger partial charge on any atom is 0.165 e. The number of aryl methyl sites for hydroxylation is 1. The third kappa shape index (κ3) is 3.33. The Labute approximate surface area is 95.2 Å². The van der Waals surface area contributed by atoms with E-state index >= 15 is 0 Å². The molecule has 0 saturated carbocycles. The van der Waals surface area contributed by atoms with Gasteiger partial charge in [0.15, 0.2) is 5.78 Å². The van der Waals surface area contributed by atoms with Gasteiger partial charge in [-0.1, -0.05) is 23.7 Å². The molecule has 0 aliphatic carbocycles. The molecule has 82 valence electrons. The van der Waals surface area contributed by atoms with Crippen LogP contribution in [0.4, 0.5) is 0 Å². The van der Waals surface area contributed by atoms with Crippen molar-refractivity contribution >= 4 is 17.4 Å². The molecule has 0 bridgehead atoms. The molecule has 0 N–H and O–H groups in total. The van der Waals surface area contributed by atoms with Crippen LogP contribution >= 0.6 is 11.6 Å². The number of rotatable bonds is 4. The lowest BCUT2D eigenvalue weighted by Gasteiger charge is -2.08. The van der Waals surface area contributed by atoms with Crippen LogP contribution in [0.3, 0.4) is 0 Å². The third-order valence-corrected chi connectivity index (χ3v) is 2.83. The fraction of sp³-hybridized carbons (Fsp3) is 0.417. The van der Waals surface area contributed by atoms with Gasteiger partial charge in [0.05, 0.1) is 0 Å². The number of halogens is 1. The second kappa shape index (κ2) is 5.29. The average molecular weight is 227 g/mol. The van der Waals surface area contributed by atoms with Crippen LogP contribution in [-0.4, -0.2) is 19.0 Å². The Bertz CT molecular complexity index is 361. The first-order valence-corrected chi connectivity index (χ1v) is 5.23. The molecule has 1 aromatic rings. The van der Waals surface area contributed by atoms with E-state index in [4.69, 9.17) is 16.3 Å². The quantitative estimate of drug-likeness (QED) is 0.789.